The first-order valence-corrected chi connectivity index (χ1v) is 10.1. The Kier molecular flexibility index (Phi) is 3.98. The quantitative estimate of drug-likeness (QED) is 0.506. The second-order valence-corrected chi connectivity index (χ2v) is 9.77. The lowest BCUT2D eigenvalue weighted by Gasteiger charge is -2.66. The lowest BCUT2D eigenvalue weighted by atomic mass is 9.42. The van der Waals surface area contributed by atoms with E-state index in [0.717, 1.165) is 32.1 Å². The van der Waals surface area contributed by atoms with Gasteiger partial charge in [-0.3, -0.25) is 0 Å². The average molecular weight is 350 g/mol. The van der Waals surface area contributed by atoms with Gasteiger partial charge in [0, 0.05) is 11.8 Å². The van der Waals surface area contributed by atoms with Crippen LogP contribution in [-0.4, -0.2) is 44.3 Å². The van der Waals surface area contributed by atoms with Gasteiger partial charge in [-0.2, -0.15) is 0 Å². The second-order valence-electron chi connectivity index (χ2n) is 9.77. The molecule has 4 heteroatoms. The molecule has 0 saturated heterocycles. The van der Waals surface area contributed by atoms with Gasteiger partial charge < -0.3 is 20.4 Å². The molecule has 142 valence electrons. The summed E-state index contributed by atoms with van der Waals surface area (Å²) in [7, 11) is 0. The number of aliphatic hydroxyl groups excluding tert-OH is 3. The minimum Gasteiger partial charge on any atom is -0.393 e. The highest BCUT2D eigenvalue weighted by Crippen LogP contribution is 2.68. The molecule has 0 aliphatic heterocycles. The maximum Gasteiger partial charge on any atom is 0.109 e. The molecule has 4 aliphatic rings. The van der Waals surface area contributed by atoms with Crippen molar-refractivity contribution in [3.8, 4) is 0 Å². The van der Waals surface area contributed by atoms with Crippen LogP contribution in [0, 0.1) is 28.6 Å². The molecule has 5 unspecified atom stereocenters. The summed E-state index contributed by atoms with van der Waals surface area (Å²) in [6.45, 7) is 6.55. The van der Waals surface area contributed by atoms with E-state index in [1.165, 1.54) is 5.57 Å². The molecule has 0 spiro atoms. The van der Waals surface area contributed by atoms with Gasteiger partial charge >= 0.3 is 0 Å². The van der Waals surface area contributed by atoms with E-state index in [-0.39, 0.29) is 23.7 Å². The minimum absolute atomic E-state index is 0.0340. The van der Waals surface area contributed by atoms with Crippen molar-refractivity contribution in [3.05, 3.63) is 11.6 Å². The summed E-state index contributed by atoms with van der Waals surface area (Å²) in [6.07, 6.45) is 5.37. The highest BCUT2D eigenvalue weighted by molar-refractivity contribution is 5.26. The third-order valence-corrected chi connectivity index (χ3v) is 9.09. The van der Waals surface area contributed by atoms with Gasteiger partial charge in [0.25, 0.3) is 0 Å². The van der Waals surface area contributed by atoms with Crippen molar-refractivity contribution >= 4 is 0 Å². The van der Waals surface area contributed by atoms with E-state index in [0.29, 0.717) is 12.3 Å². The summed E-state index contributed by atoms with van der Waals surface area (Å²) in [5.74, 6) is 0.611. The summed E-state index contributed by atoms with van der Waals surface area (Å²) in [6, 6.07) is 0. The van der Waals surface area contributed by atoms with Crippen molar-refractivity contribution in [2.75, 3.05) is 0 Å². The van der Waals surface area contributed by atoms with E-state index in [4.69, 9.17) is 0 Å². The molecular formula is C21H34O4. The van der Waals surface area contributed by atoms with Crippen LogP contribution in [0.3, 0.4) is 0 Å². The smallest absolute Gasteiger partial charge is 0.109 e. The number of allylic oxidation sites excluding steroid dienone is 2. The fraction of sp³-hybridized carbons (Fsp3) is 0.905. The molecule has 0 aromatic rings. The third kappa shape index (κ3) is 2.08. The van der Waals surface area contributed by atoms with Gasteiger partial charge in [-0.15, -0.1) is 0 Å². The Morgan fingerprint density at radius 2 is 1.72 bits per heavy atom. The van der Waals surface area contributed by atoms with Gasteiger partial charge in [0.05, 0.1) is 12.2 Å². The molecule has 0 radical (unpaired) electrons. The molecule has 0 bridgehead atoms. The highest BCUT2D eigenvalue weighted by Gasteiger charge is 2.69. The summed E-state index contributed by atoms with van der Waals surface area (Å²) in [5, 5.41) is 43.6. The van der Waals surface area contributed by atoms with Crippen LogP contribution < -0.4 is 0 Å². The third-order valence-electron chi connectivity index (χ3n) is 9.09. The highest BCUT2D eigenvalue weighted by atomic mass is 16.4. The van der Waals surface area contributed by atoms with Gasteiger partial charge in [0.1, 0.15) is 11.7 Å². The number of rotatable bonds is 0. The summed E-state index contributed by atoms with van der Waals surface area (Å²) in [4.78, 5) is 0. The minimum atomic E-state index is -1.39. The van der Waals surface area contributed by atoms with E-state index in [1.54, 1.807) is 0 Å². The molecule has 0 aromatic heterocycles. The normalized spacial score (nSPS) is 60.0. The monoisotopic (exact) mass is 350 g/mol. The molecular weight excluding hydrogens is 316 g/mol. The summed E-state index contributed by atoms with van der Waals surface area (Å²) < 4.78 is 0. The molecule has 0 aromatic carbocycles. The summed E-state index contributed by atoms with van der Waals surface area (Å²) >= 11 is 0. The lowest BCUT2D eigenvalue weighted by Crippen LogP contribution is -2.73. The Hall–Kier alpha value is -0.420. The topological polar surface area (TPSA) is 80.9 Å². The molecule has 4 nitrogen and oxygen atoms in total. The Morgan fingerprint density at radius 3 is 2.40 bits per heavy atom. The van der Waals surface area contributed by atoms with Crippen molar-refractivity contribution in [3.63, 3.8) is 0 Å². The van der Waals surface area contributed by atoms with Crippen LogP contribution >= 0.6 is 0 Å². The first-order valence-electron chi connectivity index (χ1n) is 10.1. The van der Waals surface area contributed by atoms with E-state index in [9.17, 15) is 20.4 Å². The molecule has 9 atom stereocenters. The Morgan fingerprint density at radius 1 is 1.00 bits per heavy atom. The first kappa shape index (κ1) is 18.0. The van der Waals surface area contributed by atoms with Crippen molar-refractivity contribution in [2.45, 2.75) is 89.6 Å². The Labute approximate surface area is 151 Å². The van der Waals surface area contributed by atoms with Crippen molar-refractivity contribution in [1.29, 1.82) is 0 Å². The molecule has 25 heavy (non-hydrogen) atoms. The Bertz CT molecular complexity index is 588. The zero-order valence-corrected chi connectivity index (χ0v) is 15.8. The van der Waals surface area contributed by atoms with E-state index >= 15 is 0 Å². The van der Waals surface area contributed by atoms with Gasteiger partial charge in [0.15, 0.2) is 0 Å². The van der Waals surface area contributed by atoms with Crippen LogP contribution in [0.4, 0.5) is 0 Å². The van der Waals surface area contributed by atoms with Crippen LogP contribution in [0.5, 0.6) is 0 Å². The second kappa shape index (κ2) is 5.54. The van der Waals surface area contributed by atoms with Crippen LogP contribution in [0.15, 0.2) is 11.6 Å². The number of hydrogen-bond donors (Lipinski definition) is 4. The van der Waals surface area contributed by atoms with E-state index in [1.807, 2.05) is 0 Å². The fourth-order valence-electron chi connectivity index (χ4n) is 7.57. The fourth-order valence-corrected chi connectivity index (χ4v) is 7.57. The van der Waals surface area contributed by atoms with Gasteiger partial charge in [-0.05, 0) is 68.6 Å². The van der Waals surface area contributed by atoms with E-state index in [2.05, 4.69) is 26.8 Å². The Balaban J connectivity index is 1.77. The van der Waals surface area contributed by atoms with Crippen molar-refractivity contribution in [2.24, 2.45) is 28.6 Å². The molecule has 0 heterocycles. The average Bonchev–Trinajstić information content (AvgIpc) is 2.91. The molecule has 4 saturated carbocycles. The summed E-state index contributed by atoms with van der Waals surface area (Å²) in [5.41, 5.74) is -0.199. The zero-order chi connectivity index (χ0) is 18.2. The van der Waals surface area contributed by atoms with Crippen LogP contribution in [0.25, 0.3) is 0 Å². The van der Waals surface area contributed by atoms with Gasteiger partial charge in [-0.1, -0.05) is 25.5 Å². The zero-order valence-electron chi connectivity index (χ0n) is 15.8. The van der Waals surface area contributed by atoms with Crippen LogP contribution in [0.1, 0.15) is 65.7 Å². The molecule has 0 amide bonds. The molecule has 4 aliphatic carbocycles. The molecule has 4 fully saturated rings. The predicted molar refractivity (Wildman–Crippen MR) is 95.7 cm³/mol. The van der Waals surface area contributed by atoms with Crippen molar-refractivity contribution < 1.29 is 20.4 Å². The largest absolute Gasteiger partial charge is 0.393 e. The number of hydrogen-bond acceptors (Lipinski definition) is 4. The first-order chi connectivity index (χ1) is 11.7. The number of aliphatic hydroxyl groups is 4. The molecule has 4 rings (SSSR count). The standard InChI is InChI=1S/C21H34O4/c1-4-12-5-6-14-16-15(8-9-19(12,14)2)20(3)10-7-13(22)11-21(20,25)18(24)17(16)23/h4,13-18,22-25H,5-11H2,1-3H3/b12-4-/t13-,14?,15?,16?,17?,18-,19+,20+,21?/m0/s1. The maximum atomic E-state index is 11.4. The number of fused-ring (bicyclic) bond motifs is 5. The van der Waals surface area contributed by atoms with E-state index < -0.39 is 29.3 Å². The van der Waals surface area contributed by atoms with Crippen LogP contribution in [0.2, 0.25) is 0 Å². The predicted octanol–water partition coefficient (Wildman–Crippen LogP) is 2.39. The van der Waals surface area contributed by atoms with Crippen molar-refractivity contribution in [1.82, 2.24) is 0 Å². The molecule has 4 N–H and O–H groups in total. The van der Waals surface area contributed by atoms with Gasteiger partial charge in [-0.25, -0.2) is 0 Å². The maximum absolute atomic E-state index is 11.4. The van der Waals surface area contributed by atoms with Gasteiger partial charge in [0.2, 0.25) is 0 Å². The SMILES string of the molecule is C/C=C1/CCC2C3C(O)[C@H](O)C4(O)C[C@@H](O)CC[C@]4(C)C3CC[C@]12C. The van der Waals surface area contributed by atoms with Crippen LogP contribution in [-0.2, 0) is 0 Å². The lowest BCUT2D eigenvalue weighted by molar-refractivity contribution is -0.295.